The highest BCUT2D eigenvalue weighted by Gasteiger charge is 2.31. The molecule has 0 bridgehead atoms. The van der Waals surface area contributed by atoms with E-state index in [0.717, 1.165) is 6.07 Å². The monoisotopic (exact) mass is 368 g/mol. The van der Waals surface area contributed by atoms with E-state index in [1.54, 1.807) is 6.92 Å². The largest absolute Gasteiger partial charge is 0.573 e. The fourth-order valence-corrected chi connectivity index (χ4v) is 1.70. The molecule has 0 spiro atoms. The van der Waals surface area contributed by atoms with Crippen LogP contribution in [0.15, 0.2) is 47.5 Å². The molecule has 26 heavy (non-hydrogen) atoms. The molecular weight excluding hydrogens is 353 g/mol. The molecule has 2 aromatic rings. The lowest BCUT2D eigenvalue weighted by Crippen LogP contribution is -2.17. The summed E-state index contributed by atoms with van der Waals surface area (Å²) >= 11 is 0. The van der Waals surface area contributed by atoms with Crippen LogP contribution in [0.1, 0.15) is 5.56 Å². The van der Waals surface area contributed by atoms with Crippen molar-refractivity contribution in [2.75, 3.05) is 17.7 Å². The summed E-state index contributed by atoms with van der Waals surface area (Å²) < 4.78 is 45.8. The third kappa shape index (κ3) is 5.92. The number of nitrogen functional groups attached to an aromatic ring is 1. The minimum Gasteiger partial charge on any atom is -0.457 e. The molecule has 1 aromatic carbocycles. The number of alkyl halides is 3. The molecule has 0 aliphatic carbocycles. The second kappa shape index (κ2) is 8.14. The van der Waals surface area contributed by atoms with Gasteiger partial charge in [-0.15, -0.1) is 13.2 Å². The van der Waals surface area contributed by atoms with Crippen LogP contribution >= 0.6 is 0 Å². The van der Waals surface area contributed by atoms with Crippen molar-refractivity contribution in [1.29, 1.82) is 5.53 Å². The first-order chi connectivity index (χ1) is 12.3. The Labute approximate surface area is 146 Å². The molecule has 4 N–H and O–H groups in total. The first-order valence-electron chi connectivity index (χ1n) is 7.17. The van der Waals surface area contributed by atoms with Crippen molar-refractivity contribution in [2.24, 2.45) is 5.11 Å². The van der Waals surface area contributed by atoms with Crippen LogP contribution in [0.25, 0.3) is 0 Å². The highest BCUT2D eigenvalue weighted by Crippen LogP contribution is 2.25. The van der Waals surface area contributed by atoms with Gasteiger partial charge < -0.3 is 20.5 Å². The highest BCUT2D eigenvalue weighted by molar-refractivity contribution is 5.50. The number of nitrogens with one attached hydrogen (secondary N) is 2. The van der Waals surface area contributed by atoms with Gasteiger partial charge in [0.05, 0.1) is 0 Å². The Morgan fingerprint density at radius 1 is 1.42 bits per heavy atom. The normalized spacial score (nSPS) is 11.8. The lowest BCUT2D eigenvalue weighted by atomic mass is 10.3. The van der Waals surface area contributed by atoms with Gasteiger partial charge in [0.1, 0.15) is 23.9 Å². The third-order valence-corrected chi connectivity index (χ3v) is 2.95. The van der Waals surface area contributed by atoms with Crippen LogP contribution in [0, 0.1) is 12.5 Å². The maximum absolute atomic E-state index is 12.2. The Bertz CT molecular complexity index is 810. The summed E-state index contributed by atoms with van der Waals surface area (Å²) in [6.45, 7) is 1.60. The molecule has 0 fully saturated rings. The van der Waals surface area contributed by atoms with E-state index in [1.807, 2.05) is 0 Å². The van der Waals surface area contributed by atoms with Crippen LogP contribution in [0.3, 0.4) is 0 Å². The molecule has 0 atom stereocenters. The van der Waals surface area contributed by atoms with Gasteiger partial charge in [-0.25, -0.2) is 10.5 Å². The highest BCUT2D eigenvalue weighted by atomic mass is 19.4. The number of benzene rings is 1. The van der Waals surface area contributed by atoms with Crippen LogP contribution < -0.4 is 20.5 Å². The van der Waals surface area contributed by atoms with Crippen molar-refractivity contribution in [3.05, 3.63) is 47.9 Å². The number of halogens is 3. The van der Waals surface area contributed by atoms with Crippen LogP contribution in [-0.2, 0) is 0 Å². The van der Waals surface area contributed by atoms with Crippen molar-refractivity contribution >= 4 is 11.5 Å². The first kappa shape index (κ1) is 19.0. The molecule has 0 saturated carbocycles. The Kier molecular flexibility index (Phi) is 5.94. The Balaban J connectivity index is 1.99. The SMILES string of the molecule is Cc1cnc(OC/C(=C/Nc2cccc(OC(F)(F)F)c2)N=N)nc1N. The average molecular weight is 368 g/mol. The van der Waals surface area contributed by atoms with Gasteiger partial charge in [-0.1, -0.05) is 6.07 Å². The molecule has 8 nitrogen and oxygen atoms in total. The fourth-order valence-electron chi connectivity index (χ4n) is 1.70. The van der Waals surface area contributed by atoms with Crippen molar-refractivity contribution in [1.82, 2.24) is 9.97 Å². The molecule has 1 aromatic heterocycles. The smallest absolute Gasteiger partial charge is 0.457 e. The van der Waals surface area contributed by atoms with Crippen LogP contribution in [-0.4, -0.2) is 22.9 Å². The molecule has 0 aliphatic heterocycles. The topological polar surface area (TPSA) is 118 Å². The van der Waals surface area contributed by atoms with Crippen molar-refractivity contribution in [3.8, 4) is 11.8 Å². The molecule has 0 saturated heterocycles. The van der Waals surface area contributed by atoms with Gasteiger partial charge in [0, 0.05) is 29.7 Å². The van der Waals surface area contributed by atoms with Crippen molar-refractivity contribution in [3.63, 3.8) is 0 Å². The van der Waals surface area contributed by atoms with E-state index < -0.39 is 6.36 Å². The summed E-state index contributed by atoms with van der Waals surface area (Å²) in [6, 6.07) is 5.24. The molecule has 0 aliphatic rings. The maximum Gasteiger partial charge on any atom is 0.573 e. The van der Waals surface area contributed by atoms with Gasteiger partial charge in [0.15, 0.2) is 0 Å². The summed E-state index contributed by atoms with van der Waals surface area (Å²) in [7, 11) is 0. The summed E-state index contributed by atoms with van der Waals surface area (Å²) in [6.07, 6.45) is -1.99. The number of aromatic nitrogens is 2. The lowest BCUT2D eigenvalue weighted by molar-refractivity contribution is -0.274. The Hall–Kier alpha value is -3.37. The maximum atomic E-state index is 12.2. The number of ether oxygens (including phenoxy) is 2. The molecule has 1 heterocycles. The summed E-state index contributed by atoms with van der Waals surface area (Å²) in [4.78, 5) is 7.84. The number of anilines is 2. The lowest BCUT2D eigenvalue weighted by Gasteiger charge is -2.10. The standard InChI is InChI=1S/C15H15F3N6O2/c1-9-6-22-14(23-13(9)19)25-8-11(24-20)7-21-10-3-2-4-12(5-10)26-15(16,17)18/h2-7,20-21H,8H2,1H3,(H2,19,22,23)/b11-7-,24-20?. The summed E-state index contributed by atoms with van der Waals surface area (Å²) in [5.74, 6) is -0.108. The molecule has 11 heteroatoms. The number of nitrogens with zero attached hydrogens (tertiary/aromatic N) is 3. The van der Waals surface area contributed by atoms with E-state index in [2.05, 4.69) is 25.1 Å². The molecule has 2 rings (SSSR count). The minimum atomic E-state index is -4.78. The number of hydrogen-bond donors (Lipinski definition) is 3. The predicted molar refractivity (Wildman–Crippen MR) is 86.7 cm³/mol. The Morgan fingerprint density at radius 2 is 2.19 bits per heavy atom. The van der Waals surface area contributed by atoms with Gasteiger partial charge in [0.25, 0.3) is 0 Å². The number of nitrogens with two attached hydrogens (primary N) is 1. The fraction of sp³-hybridized carbons (Fsp3) is 0.200. The number of aryl methyl sites for hydroxylation is 1. The second-order valence-corrected chi connectivity index (χ2v) is 4.98. The van der Waals surface area contributed by atoms with Gasteiger partial charge >= 0.3 is 12.4 Å². The Morgan fingerprint density at radius 3 is 2.85 bits per heavy atom. The quantitative estimate of drug-likeness (QED) is 0.642. The zero-order valence-corrected chi connectivity index (χ0v) is 13.5. The van der Waals surface area contributed by atoms with Gasteiger partial charge in [-0.05, 0) is 19.1 Å². The summed E-state index contributed by atoms with van der Waals surface area (Å²) in [5.41, 5.74) is 13.9. The first-order valence-corrected chi connectivity index (χ1v) is 7.17. The van der Waals surface area contributed by atoms with E-state index in [1.165, 1.54) is 30.6 Å². The molecule has 0 amide bonds. The zero-order chi connectivity index (χ0) is 19.2. The average Bonchev–Trinajstić information content (AvgIpc) is 2.57. The van der Waals surface area contributed by atoms with Gasteiger partial charge in [-0.2, -0.15) is 10.1 Å². The van der Waals surface area contributed by atoms with Crippen LogP contribution in [0.4, 0.5) is 24.7 Å². The predicted octanol–water partition coefficient (Wildman–Crippen LogP) is 3.63. The van der Waals surface area contributed by atoms with E-state index in [-0.39, 0.29) is 29.9 Å². The van der Waals surface area contributed by atoms with E-state index in [0.29, 0.717) is 11.3 Å². The minimum absolute atomic E-state index is 0.0169. The number of hydrogen-bond acceptors (Lipinski definition) is 8. The van der Waals surface area contributed by atoms with Crippen molar-refractivity contribution < 1.29 is 22.6 Å². The molecule has 138 valence electrons. The number of rotatable bonds is 7. The van der Waals surface area contributed by atoms with Gasteiger partial charge in [0.2, 0.25) is 0 Å². The molecule has 0 radical (unpaired) electrons. The van der Waals surface area contributed by atoms with Gasteiger partial charge in [-0.3, -0.25) is 0 Å². The molecule has 0 unspecified atom stereocenters. The van der Waals surface area contributed by atoms with Crippen LogP contribution in [0.5, 0.6) is 11.8 Å². The zero-order valence-electron chi connectivity index (χ0n) is 13.5. The second-order valence-electron chi connectivity index (χ2n) is 4.98. The van der Waals surface area contributed by atoms with Crippen LogP contribution in [0.2, 0.25) is 0 Å². The molecular formula is C15H15F3N6O2. The summed E-state index contributed by atoms with van der Waals surface area (Å²) in [5, 5.41) is 5.98. The van der Waals surface area contributed by atoms with E-state index >= 15 is 0 Å². The third-order valence-electron chi connectivity index (χ3n) is 2.95. The van der Waals surface area contributed by atoms with E-state index in [9.17, 15) is 13.2 Å². The van der Waals surface area contributed by atoms with E-state index in [4.69, 9.17) is 16.0 Å². The van der Waals surface area contributed by atoms with Crippen molar-refractivity contribution in [2.45, 2.75) is 13.3 Å².